The zero-order valence-corrected chi connectivity index (χ0v) is 19.8. The van der Waals surface area contributed by atoms with E-state index in [2.05, 4.69) is 5.32 Å². The Kier molecular flexibility index (Phi) is 6.29. The minimum atomic E-state index is -3.34. The van der Waals surface area contributed by atoms with E-state index in [-0.39, 0.29) is 19.1 Å². The molecule has 2 amide bonds. The average Bonchev–Trinajstić information content (AvgIpc) is 3.22. The topological polar surface area (TPSA) is 95.9 Å². The normalized spacial score (nSPS) is 19.9. The van der Waals surface area contributed by atoms with Gasteiger partial charge in [0, 0.05) is 19.0 Å². The SMILES string of the molecule is CCN(C(=O)C1C(CNC(=O)OCC2c3ccccc3-c3ccccc32)C1(F)F)C(C)(C)C(=O)O. The predicted molar refractivity (Wildman–Crippen MR) is 124 cm³/mol. The first kappa shape index (κ1) is 24.6. The maximum Gasteiger partial charge on any atom is 0.407 e. The number of carbonyl (C=O) groups is 3. The van der Waals surface area contributed by atoms with Gasteiger partial charge in [0.25, 0.3) is 5.92 Å². The zero-order chi connectivity index (χ0) is 25.5. The quantitative estimate of drug-likeness (QED) is 0.585. The number of hydrogen-bond acceptors (Lipinski definition) is 4. The largest absolute Gasteiger partial charge is 0.480 e. The number of aliphatic carboxylic acids is 1. The monoisotopic (exact) mass is 486 g/mol. The molecule has 0 bridgehead atoms. The number of carboxylic acids is 1. The van der Waals surface area contributed by atoms with Gasteiger partial charge in [-0.05, 0) is 43.0 Å². The molecule has 9 heteroatoms. The second-order valence-electron chi connectivity index (χ2n) is 9.41. The highest BCUT2D eigenvalue weighted by Crippen LogP contribution is 2.56. The van der Waals surface area contributed by atoms with Gasteiger partial charge in [-0.1, -0.05) is 48.5 Å². The van der Waals surface area contributed by atoms with Crippen LogP contribution in [0.5, 0.6) is 0 Å². The molecule has 1 fully saturated rings. The molecule has 0 aromatic heterocycles. The summed E-state index contributed by atoms with van der Waals surface area (Å²) in [6.45, 7) is 3.68. The molecule has 2 unspecified atom stereocenters. The van der Waals surface area contributed by atoms with Crippen molar-refractivity contribution >= 4 is 18.0 Å². The molecule has 35 heavy (non-hydrogen) atoms. The van der Waals surface area contributed by atoms with Crippen LogP contribution in [0.1, 0.15) is 37.8 Å². The molecule has 0 aliphatic heterocycles. The lowest BCUT2D eigenvalue weighted by molar-refractivity contribution is -0.158. The summed E-state index contributed by atoms with van der Waals surface area (Å²) in [6, 6.07) is 15.7. The van der Waals surface area contributed by atoms with Crippen molar-refractivity contribution in [2.75, 3.05) is 19.7 Å². The number of nitrogens with zero attached hydrogens (tertiary/aromatic N) is 1. The van der Waals surface area contributed by atoms with Gasteiger partial charge < -0.3 is 20.1 Å². The summed E-state index contributed by atoms with van der Waals surface area (Å²) in [5.41, 5.74) is 2.57. The van der Waals surface area contributed by atoms with Gasteiger partial charge in [0.05, 0.1) is 5.92 Å². The number of carboxylic acid groups (broad SMARTS) is 1. The van der Waals surface area contributed by atoms with E-state index in [9.17, 15) is 28.3 Å². The second-order valence-corrected chi connectivity index (χ2v) is 9.41. The number of halogens is 2. The Morgan fingerprint density at radius 3 is 2.11 bits per heavy atom. The van der Waals surface area contributed by atoms with Gasteiger partial charge in [0.2, 0.25) is 5.91 Å². The number of amides is 2. The molecule has 0 heterocycles. The van der Waals surface area contributed by atoms with Crippen molar-refractivity contribution in [2.24, 2.45) is 11.8 Å². The number of nitrogens with one attached hydrogen (secondary N) is 1. The molecule has 2 aliphatic rings. The Balaban J connectivity index is 1.36. The Labute approximate surface area is 202 Å². The third-order valence-electron chi connectivity index (χ3n) is 7.06. The Morgan fingerprint density at radius 2 is 1.60 bits per heavy atom. The maximum absolute atomic E-state index is 14.4. The maximum atomic E-state index is 14.4. The van der Waals surface area contributed by atoms with Crippen LogP contribution < -0.4 is 5.32 Å². The van der Waals surface area contributed by atoms with Crippen molar-refractivity contribution in [3.8, 4) is 11.1 Å². The molecule has 1 saturated carbocycles. The van der Waals surface area contributed by atoms with Crippen molar-refractivity contribution in [3.63, 3.8) is 0 Å². The smallest absolute Gasteiger partial charge is 0.407 e. The second kappa shape index (κ2) is 8.94. The first-order valence-corrected chi connectivity index (χ1v) is 11.5. The number of hydrogen-bond donors (Lipinski definition) is 2. The van der Waals surface area contributed by atoms with Crippen LogP contribution in [0.15, 0.2) is 48.5 Å². The van der Waals surface area contributed by atoms with E-state index in [1.807, 2.05) is 48.5 Å². The minimum absolute atomic E-state index is 0.0305. The van der Waals surface area contributed by atoms with Crippen LogP contribution in [0, 0.1) is 11.8 Å². The number of ether oxygens (including phenoxy) is 1. The van der Waals surface area contributed by atoms with Crippen molar-refractivity contribution in [2.45, 2.75) is 38.2 Å². The van der Waals surface area contributed by atoms with E-state index in [4.69, 9.17) is 4.74 Å². The lowest BCUT2D eigenvalue weighted by Crippen LogP contribution is -2.54. The Bertz CT molecular complexity index is 1120. The fourth-order valence-corrected chi connectivity index (χ4v) is 4.93. The van der Waals surface area contributed by atoms with Crippen LogP contribution in [-0.2, 0) is 14.3 Å². The highest BCUT2D eigenvalue weighted by molar-refractivity contribution is 5.90. The molecule has 2 aliphatic carbocycles. The summed E-state index contributed by atoms with van der Waals surface area (Å²) in [6.07, 6.45) is -0.848. The van der Waals surface area contributed by atoms with Crippen molar-refractivity contribution < 1.29 is 33.0 Å². The van der Waals surface area contributed by atoms with Crippen LogP contribution in [-0.4, -0.2) is 59.1 Å². The van der Waals surface area contributed by atoms with Crippen molar-refractivity contribution in [3.05, 3.63) is 59.7 Å². The highest BCUT2D eigenvalue weighted by atomic mass is 19.3. The molecule has 0 spiro atoms. The fourth-order valence-electron chi connectivity index (χ4n) is 4.93. The number of fused-ring (bicyclic) bond motifs is 3. The van der Waals surface area contributed by atoms with E-state index in [0.717, 1.165) is 27.2 Å². The van der Waals surface area contributed by atoms with Crippen molar-refractivity contribution in [1.29, 1.82) is 0 Å². The standard InChI is InChI=1S/C26H28F2N2O5/c1-4-30(25(2,3)23(32)33)22(31)21-20(26(21,27)28)13-29-24(34)35-14-19-17-11-7-5-9-15(17)16-10-6-8-12-18(16)19/h5-12,19-21H,4,13-14H2,1-3H3,(H,29,34)(H,32,33). The lowest BCUT2D eigenvalue weighted by atomic mass is 9.98. The van der Waals surface area contributed by atoms with E-state index >= 15 is 0 Å². The summed E-state index contributed by atoms with van der Waals surface area (Å²) in [4.78, 5) is 37.5. The molecular formula is C26H28F2N2O5. The molecule has 2 N–H and O–H groups in total. The first-order valence-electron chi connectivity index (χ1n) is 11.5. The fraction of sp³-hybridized carbons (Fsp3) is 0.423. The number of benzene rings is 2. The summed E-state index contributed by atoms with van der Waals surface area (Å²) < 4.78 is 34.2. The van der Waals surface area contributed by atoms with Gasteiger partial charge >= 0.3 is 12.1 Å². The Morgan fingerprint density at radius 1 is 1.06 bits per heavy atom. The molecule has 2 aromatic rings. The molecule has 186 valence electrons. The van der Waals surface area contributed by atoms with Crippen molar-refractivity contribution in [1.82, 2.24) is 10.2 Å². The van der Waals surface area contributed by atoms with Crippen LogP contribution in [0.25, 0.3) is 11.1 Å². The molecule has 0 radical (unpaired) electrons. The minimum Gasteiger partial charge on any atom is -0.480 e. The third-order valence-corrected chi connectivity index (χ3v) is 7.06. The first-order chi connectivity index (χ1) is 16.5. The summed E-state index contributed by atoms with van der Waals surface area (Å²) in [5, 5.41) is 11.7. The number of alkyl halides is 2. The Hall–Kier alpha value is -3.49. The van der Waals surface area contributed by atoms with Crippen LogP contribution >= 0.6 is 0 Å². The highest BCUT2D eigenvalue weighted by Gasteiger charge is 2.72. The van der Waals surface area contributed by atoms with E-state index in [1.54, 1.807) is 0 Å². The summed E-state index contributed by atoms with van der Waals surface area (Å²) >= 11 is 0. The molecule has 7 nitrogen and oxygen atoms in total. The molecular weight excluding hydrogens is 458 g/mol. The van der Waals surface area contributed by atoms with Gasteiger partial charge in [0.1, 0.15) is 18.1 Å². The van der Waals surface area contributed by atoms with Gasteiger partial charge in [0.15, 0.2) is 0 Å². The van der Waals surface area contributed by atoms with E-state index in [1.165, 1.54) is 20.8 Å². The zero-order valence-electron chi connectivity index (χ0n) is 19.8. The van der Waals surface area contributed by atoms with Gasteiger partial charge in [-0.25, -0.2) is 18.4 Å². The van der Waals surface area contributed by atoms with E-state index in [0.29, 0.717) is 0 Å². The predicted octanol–water partition coefficient (Wildman–Crippen LogP) is 4.12. The molecule has 2 atom stereocenters. The van der Waals surface area contributed by atoms with Gasteiger partial charge in [-0.15, -0.1) is 0 Å². The average molecular weight is 487 g/mol. The lowest BCUT2D eigenvalue weighted by Gasteiger charge is -2.34. The van der Waals surface area contributed by atoms with Gasteiger partial charge in [-0.3, -0.25) is 4.79 Å². The number of rotatable bonds is 8. The number of likely N-dealkylation sites (N-methyl/N-ethyl adjacent to an activating group) is 1. The van der Waals surface area contributed by atoms with E-state index < -0.39 is 47.8 Å². The van der Waals surface area contributed by atoms with Crippen LogP contribution in [0.3, 0.4) is 0 Å². The number of carbonyl (C=O) groups excluding carboxylic acids is 2. The van der Waals surface area contributed by atoms with Crippen LogP contribution in [0.2, 0.25) is 0 Å². The number of alkyl carbamates (subject to hydrolysis) is 1. The van der Waals surface area contributed by atoms with Crippen LogP contribution in [0.4, 0.5) is 13.6 Å². The summed E-state index contributed by atoms with van der Waals surface area (Å²) in [7, 11) is 0. The molecule has 4 rings (SSSR count). The summed E-state index contributed by atoms with van der Waals surface area (Å²) in [5.74, 6) is -8.84. The molecule has 2 aromatic carbocycles. The van der Waals surface area contributed by atoms with Gasteiger partial charge in [-0.2, -0.15) is 0 Å². The third kappa shape index (κ3) is 4.24. The molecule has 0 saturated heterocycles.